The fourth-order valence-electron chi connectivity index (χ4n) is 2.72. The van der Waals surface area contributed by atoms with Crippen LogP contribution in [0.1, 0.15) is 24.5 Å². The quantitative estimate of drug-likeness (QED) is 0.670. The first-order valence-electron chi connectivity index (χ1n) is 8.56. The van der Waals surface area contributed by atoms with E-state index in [-0.39, 0.29) is 11.8 Å². The molecule has 1 aromatic heterocycles. The SMILES string of the molecule is COc1ccc(C)cc1NC(=O)CCc1ccc2nc(NC(C)=O)sc2c1. The normalized spacial score (nSPS) is 10.6. The van der Waals surface area contributed by atoms with E-state index in [9.17, 15) is 9.59 Å². The molecule has 0 aliphatic rings. The minimum atomic E-state index is -0.141. The molecule has 27 heavy (non-hydrogen) atoms. The van der Waals surface area contributed by atoms with E-state index in [0.717, 1.165) is 21.3 Å². The Kier molecular flexibility index (Phi) is 5.71. The smallest absolute Gasteiger partial charge is 0.224 e. The van der Waals surface area contributed by atoms with E-state index in [0.29, 0.717) is 29.4 Å². The average Bonchev–Trinajstić information content (AvgIpc) is 3.00. The van der Waals surface area contributed by atoms with Crippen molar-refractivity contribution in [1.82, 2.24) is 4.98 Å². The second kappa shape index (κ2) is 8.18. The molecule has 7 heteroatoms. The highest BCUT2D eigenvalue weighted by Gasteiger charge is 2.10. The van der Waals surface area contributed by atoms with Gasteiger partial charge < -0.3 is 15.4 Å². The Hall–Kier alpha value is -2.93. The van der Waals surface area contributed by atoms with E-state index < -0.39 is 0 Å². The third kappa shape index (κ3) is 4.83. The van der Waals surface area contributed by atoms with Gasteiger partial charge in [0.05, 0.1) is 23.0 Å². The lowest BCUT2D eigenvalue weighted by Crippen LogP contribution is -2.13. The van der Waals surface area contributed by atoms with Gasteiger partial charge >= 0.3 is 0 Å². The molecule has 0 aliphatic carbocycles. The average molecular weight is 383 g/mol. The number of hydrogen-bond acceptors (Lipinski definition) is 5. The van der Waals surface area contributed by atoms with Crippen LogP contribution in [0.2, 0.25) is 0 Å². The standard InChI is InChI=1S/C20H21N3O3S/c1-12-4-8-17(26-3)16(10-12)22-19(25)9-6-14-5-7-15-18(11-14)27-20(23-15)21-13(2)24/h4-5,7-8,10-11H,6,9H2,1-3H3,(H,22,25)(H,21,23,24). The van der Waals surface area contributed by atoms with Crippen LogP contribution in [0.25, 0.3) is 10.2 Å². The van der Waals surface area contributed by atoms with Crippen LogP contribution < -0.4 is 15.4 Å². The Bertz CT molecular complexity index is 997. The molecule has 0 aliphatic heterocycles. The third-order valence-electron chi connectivity index (χ3n) is 4.01. The third-order valence-corrected chi connectivity index (χ3v) is 4.94. The molecule has 0 fully saturated rings. The minimum absolute atomic E-state index is 0.0674. The Balaban J connectivity index is 1.65. The molecule has 0 spiro atoms. The maximum absolute atomic E-state index is 12.3. The highest BCUT2D eigenvalue weighted by molar-refractivity contribution is 7.22. The second-order valence-corrected chi connectivity index (χ2v) is 7.28. The number of amides is 2. The van der Waals surface area contributed by atoms with Crippen LogP contribution in [-0.4, -0.2) is 23.9 Å². The summed E-state index contributed by atoms with van der Waals surface area (Å²) < 4.78 is 6.28. The number of aromatic nitrogens is 1. The van der Waals surface area contributed by atoms with Crippen LogP contribution in [0, 0.1) is 6.92 Å². The molecule has 3 aromatic rings. The lowest BCUT2D eigenvalue weighted by Gasteiger charge is -2.11. The van der Waals surface area contributed by atoms with Crippen molar-refractivity contribution in [3.63, 3.8) is 0 Å². The van der Waals surface area contributed by atoms with Gasteiger partial charge in [-0.05, 0) is 48.7 Å². The van der Waals surface area contributed by atoms with Gasteiger partial charge in [0.15, 0.2) is 5.13 Å². The zero-order valence-electron chi connectivity index (χ0n) is 15.5. The molecule has 2 amide bonds. The zero-order chi connectivity index (χ0) is 19.4. The van der Waals surface area contributed by atoms with Gasteiger partial charge in [-0.3, -0.25) is 9.59 Å². The molecule has 0 atom stereocenters. The summed E-state index contributed by atoms with van der Waals surface area (Å²) in [5.41, 5.74) is 3.62. The molecular formula is C20H21N3O3S. The fraction of sp³-hybridized carbons (Fsp3) is 0.250. The number of fused-ring (bicyclic) bond motifs is 1. The number of carbonyl (C=O) groups is 2. The van der Waals surface area contributed by atoms with Gasteiger partial charge in [-0.1, -0.05) is 23.5 Å². The van der Waals surface area contributed by atoms with Crippen molar-refractivity contribution < 1.29 is 14.3 Å². The lowest BCUT2D eigenvalue weighted by atomic mass is 10.1. The van der Waals surface area contributed by atoms with Crippen molar-refractivity contribution in [1.29, 1.82) is 0 Å². The summed E-state index contributed by atoms with van der Waals surface area (Å²) in [4.78, 5) is 27.8. The van der Waals surface area contributed by atoms with Crippen LogP contribution in [-0.2, 0) is 16.0 Å². The fourth-order valence-corrected chi connectivity index (χ4v) is 3.69. The Morgan fingerprint density at radius 1 is 1.15 bits per heavy atom. The number of nitrogens with zero attached hydrogens (tertiary/aromatic N) is 1. The monoisotopic (exact) mass is 383 g/mol. The van der Waals surface area contributed by atoms with Crippen molar-refractivity contribution >= 4 is 44.2 Å². The highest BCUT2D eigenvalue weighted by Crippen LogP contribution is 2.28. The molecule has 0 radical (unpaired) electrons. The number of thiazole rings is 1. The van der Waals surface area contributed by atoms with Crippen molar-refractivity contribution in [2.45, 2.75) is 26.7 Å². The minimum Gasteiger partial charge on any atom is -0.495 e. The maximum Gasteiger partial charge on any atom is 0.224 e. The van der Waals surface area contributed by atoms with Crippen molar-refractivity contribution in [2.75, 3.05) is 17.7 Å². The van der Waals surface area contributed by atoms with Gasteiger partial charge in [-0.15, -0.1) is 0 Å². The molecule has 140 valence electrons. The molecule has 6 nitrogen and oxygen atoms in total. The molecule has 2 aromatic carbocycles. The number of carbonyl (C=O) groups excluding carboxylic acids is 2. The van der Waals surface area contributed by atoms with Crippen LogP contribution >= 0.6 is 11.3 Å². The summed E-state index contributed by atoms with van der Waals surface area (Å²) in [5.74, 6) is 0.435. The summed E-state index contributed by atoms with van der Waals surface area (Å²) >= 11 is 1.42. The summed E-state index contributed by atoms with van der Waals surface area (Å²) in [7, 11) is 1.58. The van der Waals surface area contributed by atoms with E-state index in [1.165, 1.54) is 18.3 Å². The van der Waals surface area contributed by atoms with Gasteiger partial charge in [0.2, 0.25) is 11.8 Å². The van der Waals surface area contributed by atoms with Crippen LogP contribution in [0.4, 0.5) is 10.8 Å². The topological polar surface area (TPSA) is 80.3 Å². The molecular weight excluding hydrogens is 362 g/mol. The van der Waals surface area contributed by atoms with E-state index in [1.807, 2.05) is 43.3 Å². The van der Waals surface area contributed by atoms with E-state index >= 15 is 0 Å². The van der Waals surface area contributed by atoms with Crippen LogP contribution in [0.3, 0.4) is 0 Å². The number of benzene rings is 2. The highest BCUT2D eigenvalue weighted by atomic mass is 32.1. The Labute approximate surface area is 161 Å². The summed E-state index contributed by atoms with van der Waals surface area (Å²) in [6, 6.07) is 11.6. The van der Waals surface area contributed by atoms with Crippen LogP contribution in [0.15, 0.2) is 36.4 Å². The number of rotatable bonds is 6. The van der Waals surface area contributed by atoms with Crippen molar-refractivity contribution in [2.24, 2.45) is 0 Å². The number of hydrogen-bond donors (Lipinski definition) is 2. The molecule has 1 heterocycles. The molecule has 0 bridgehead atoms. The molecule has 0 unspecified atom stereocenters. The summed E-state index contributed by atoms with van der Waals surface area (Å²) in [5, 5.41) is 6.20. The number of ether oxygens (including phenoxy) is 1. The summed E-state index contributed by atoms with van der Waals surface area (Å²) in [6.07, 6.45) is 0.975. The van der Waals surface area contributed by atoms with Gasteiger partial charge in [-0.2, -0.15) is 0 Å². The number of aryl methyl sites for hydroxylation is 2. The first-order chi connectivity index (χ1) is 12.9. The second-order valence-electron chi connectivity index (χ2n) is 6.25. The predicted octanol–water partition coefficient (Wildman–Crippen LogP) is 4.14. The summed E-state index contributed by atoms with van der Waals surface area (Å²) in [6.45, 7) is 3.42. The number of nitrogens with one attached hydrogen (secondary N) is 2. The van der Waals surface area contributed by atoms with Gasteiger partial charge in [0.25, 0.3) is 0 Å². The first-order valence-corrected chi connectivity index (χ1v) is 9.38. The van der Waals surface area contributed by atoms with Gasteiger partial charge in [0.1, 0.15) is 5.75 Å². The molecule has 2 N–H and O–H groups in total. The Morgan fingerprint density at radius 2 is 1.96 bits per heavy atom. The number of anilines is 2. The molecule has 0 saturated heterocycles. The predicted molar refractivity (Wildman–Crippen MR) is 109 cm³/mol. The largest absolute Gasteiger partial charge is 0.495 e. The maximum atomic E-state index is 12.3. The van der Waals surface area contributed by atoms with Gasteiger partial charge in [0, 0.05) is 13.3 Å². The zero-order valence-corrected chi connectivity index (χ0v) is 16.3. The number of methoxy groups -OCH3 is 1. The molecule has 3 rings (SSSR count). The van der Waals surface area contributed by atoms with Gasteiger partial charge in [-0.25, -0.2) is 4.98 Å². The van der Waals surface area contributed by atoms with Crippen molar-refractivity contribution in [3.05, 3.63) is 47.5 Å². The lowest BCUT2D eigenvalue weighted by molar-refractivity contribution is -0.116. The molecule has 0 saturated carbocycles. The van der Waals surface area contributed by atoms with Crippen molar-refractivity contribution in [3.8, 4) is 5.75 Å². The van der Waals surface area contributed by atoms with E-state index in [4.69, 9.17) is 4.74 Å². The first kappa shape index (κ1) is 18.8. The van der Waals surface area contributed by atoms with Crippen LogP contribution in [0.5, 0.6) is 5.75 Å². The van der Waals surface area contributed by atoms with E-state index in [2.05, 4.69) is 15.6 Å². The Morgan fingerprint density at radius 3 is 2.70 bits per heavy atom. The van der Waals surface area contributed by atoms with E-state index in [1.54, 1.807) is 7.11 Å².